The zero-order valence-electron chi connectivity index (χ0n) is 18.4. The van der Waals surface area contributed by atoms with Crippen LogP contribution in [0.1, 0.15) is 30.7 Å². The van der Waals surface area contributed by atoms with Gasteiger partial charge < -0.3 is 9.64 Å². The van der Waals surface area contributed by atoms with Gasteiger partial charge in [-0.3, -0.25) is 10.2 Å². The number of hydrogen-bond acceptors (Lipinski definition) is 6. The van der Waals surface area contributed by atoms with Crippen LogP contribution in [0.5, 0.6) is 5.88 Å². The van der Waals surface area contributed by atoms with Gasteiger partial charge >= 0.3 is 6.03 Å². The quantitative estimate of drug-likeness (QED) is 0.664. The Morgan fingerprint density at radius 3 is 2.84 bits per heavy atom. The standard InChI is InChI=1S/C24H26N6O2/c1-29(2)16-7-4-6-15(12-16)19-11-10-18-17-8-5-9-20(17)30(23(18)27-19)24(31)28-21-13-22(32-3)26-14-25-21/h4,6-7,10-14,17,20H,5,8-9H2,1-3H3,(H,25,26,28,31). The largest absolute Gasteiger partial charge is 0.481 e. The molecule has 1 aliphatic carbocycles. The van der Waals surface area contributed by atoms with Crippen LogP contribution < -0.4 is 19.9 Å². The van der Waals surface area contributed by atoms with Gasteiger partial charge in [0, 0.05) is 48.9 Å². The van der Waals surface area contributed by atoms with Gasteiger partial charge in [0.2, 0.25) is 5.88 Å². The fraction of sp³-hybridized carbons (Fsp3) is 0.333. The van der Waals surface area contributed by atoms with Crippen molar-refractivity contribution in [3.05, 3.63) is 54.4 Å². The van der Waals surface area contributed by atoms with Gasteiger partial charge in [-0.15, -0.1) is 0 Å². The maximum Gasteiger partial charge on any atom is 0.328 e. The van der Waals surface area contributed by atoms with Crippen LogP contribution in [-0.2, 0) is 0 Å². The molecule has 1 N–H and O–H groups in total. The molecule has 0 spiro atoms. The molecule has 2 unspecified atom stereocenters. The molecule has 1 fully saturated rings. The fourth-order valence-electron chi connectivity index (χ4n) is 4.75. The van der Waals surface area contributed by atoms with E-state index in [1.54, 1.807) is 6.07 Å². The van der Waals surface area contributed by atoms with Crippen LogP contribution in [-0.4, -0.2) is 48.2 Å². The number of methoxy groups -OCH3 is 1. The topological polar surface area (TPSA) is 83.5 Å². The molecule has 3 heterocycles. The number of nitrogens with zero attached hydrogens (tertiary/aromatic N) is 5. The monoisotopic (exact) mass is 430 g/mol. The average Bonchev–Trinajstić information content (AvgIpc) is 3.39. The number of pyridine rings is 1. The van der Waals surface area contributed by atoms with Crippen LogP contribution >= 0.6 is 0 Å². The zero-order chi connectivity index (χ0) is 22.2. The highest BCUT2D eigenvalue weighted by molar-refractivity contribution is 6.03. The Labute approximate surface area is 187 Å². The number of aromatic nitrogens is 3. The molecule has 1 aliphatic heterocycles. The van der Waals surface area contributed by atoms with Crippen molar-refractivity contribution in [3.63, 3.8) is 0 Å². The van der Waals surface area contributed by atoms with Gasteiger partial charge in [0.15, 0.2) is 0 Å². The molecule has 0 radical (unpaired) electrons. The summed E-state index contributed by atoms with van der Waals surface area (Å²) in [5, 5.41) is 2.90. The van der Waals surface area contributed by atoms with Gasteiger partial charge in [-0.05, 0) is 31.0 Å². The van der Waals surface area contributed by atoms with Crippen molar-refractivity contribution in [3.8, 4) is 17.1 Å². The van der Waals surface area contributed by atoms with E-state index >= 15 is 0 Å². The van der Waals surface area contributed by atoms with Gasteiger partial charge in [-0.1, -0.05) is 24.6 Å². The Balaban J connectivity index is 1.50. The van der Waals surface area contributed by atoms with E-state index in [1.165, 1.54) is 13.4 Å². The van der Waals surface area contributed by atoms with Crippen molar-refractivity contribution in [2.75, 3.05) is 36.3 Å². The molecule has 8 nitrogen and oxygen atoms in total. The fourth-order valence-corrected chi connectivity index (χ4v) is 4.75. The van der Waals surface area contributed by atoms with Gasteiger partial charge in [-0.2, -0.15) is 0 Å². The van der Waals surface area contributed by atoms with E-state index in [1.807, 2.05) is 25.1 Å². The SMILES string of the molecule is COc1cc(NC(=O)N2c3nc(-c4cccc(N(C)C)c4)ccc3C3CCCC32)ncn1. The molecule has 5 rings (SSSR count). The summed E-state index contributed by atoms with van der Waals surface area (Å²) >= 11 is 0. The van der Waals surface area contributed by atoms with Crippen LogP contribution in [0.25, 0.3) is 11.3 Å². The summed E-state index contributed by atoms with van der Waals surface area (Å²) in [5.74, 6) is 1.87. The Kier molecular flexibility index (Phi) is 5.13. The first-order chi connectivity index (χ1) is 15.5. The normalized spacial score (nSPS) is 18.8. The number of nitrogens with one attached hydrogen (secondary N) is 1. The number of benzene rings is 1. The van der Waals surface area contributed by atoms with Gasteiger partial charge in [-0.25, -0.2) is 19.7 Å². The van der Waals surface area contributed by atoms with E-state index < -0.39 is 0 Å². The predicted octanol–water partition coefficient (Wildman–Crippen LogP) is 4.30. The summed E-state index contributed by atoms with van der Waals surface area (Å²) in [6.45, 7) is 0. The van der Waals surface area contributed by atoms with Crippen molar-refractivity contribution >= 4 is 23.4 Å². The average molecular weight is 431 g/mol. The molecule has 2 amide bonds. The molecule has 2 aliphatic rings. The third-order valence-electron chi connectivity index (χ3n) is 6.31. The summed E-state index contributed by atoms with van der Waals surface area (Å²) in [5.41, 5.74) is 4.13. The van der Waals surface area contributed by atoms with Crippen molar-refractivity contribution in [2.45, 2.75) is 31.2 Å². The second kappa shape index (κ2) is 8.11. The molecule has 3 aromatic rings. The van der Waals surface area contributed by atoms with E-state index in [2.05, 4.69) is 50.5 Å². The summed E-state index contributed by atoms with van der Waals surface area (Å²) in [6, 6.07) is 14.0. The number of fused-ring (bicyclic) bond motifs is 3. The number of hydrogen-bond donors (Lipinski definition) is 1. The third kappa shape index (κ3) is 3.51. The van der Waals surface area contributed by atoms with Gasteiger partial charge in [0.05, 0.1) is 12.8 Å². The van der Waals surface area contributed by atoms with Crippen LogP contribution in [0.4, 0.5) is 22.1 Å². The maximum absolute atomic E-state index is 13.4. The first kappa shape index (κ1) is 20.2. The van der Waals surface area contributed by atoms with Crippen LogP contribution in [0, 0.1) is 0 Å². The Morgan fingerprint density at radius 2 is 2.03 bits per heavy atom. The lowest BCUT2D eigenvalue weighted by atomic mass is 9.98. The first-order valence-electron chi connectivity index (χ1n) is 10.8. The number of carbonyl (C=O) groups is 1. The van der Waals surface area contributed by atoms with E-state index in [0.29, 0.717) is 17.6 Å². The second-order valence-electron chi connectivity index (χ2n) is 8.40. The van der Waals surface area contributed by atoms with Crippen molar-refractivity contribution in [2.24, 2.45) is 0 Å². The zero-order valence-corrected chi connectivity index (χ0v) is 18.4. The number of ether oxygens (including phenoxy) is 1. The molecule has 32 heavy (non-hydrogen) atoms. The summed E-state index contributed by atoms with van der Waals surface area (Å²) < 4.78 is 5.15. The molecule has 1 aromatic carbocycles. The van der Waals surface area contributed by atoms with Crippen molar-refractivity contribution < 1.29 is 9.53 Å². The molecule has 0 bridgehead atoms. The number of rotatable bonds is 4. The number of carbonyl (C=O) groups excluding carboxylic acids is 1. The minimum absolute atomic E-state index is 0.115. The first-order valence-corrected chi connectivity index (χ1v) is 10.8. The minimum atomic E-state index is -0.229. The number of anilines is 3. The molecule has 2 atom stereocenters. The molecule has 1 saturated carbocycles. The van der Waals surface area contributed by atoms with Crippen LogP contribution in [0.2, 0.25) is 0 Å². The molecule has 2 aromatic heterocycles. The molecular weight excluding hydrogens is 404 g/mol. The molecular formula is C24H26N6O2. The Morgan fingerprint density at radius 1 is 1.16 bits per heavy atom. The van der Waals surface area contributed by atoms with Crippen LogP contribution in [0.15, 0.2) is 48.8 Å². The van der Waals surface area contributed by atoms with Gasteiger partial charge in [0.25, 0.3) is 0 Å². The highest BCUT2D eigenvalue weighted by Gasteiger charge is 2.45. The lowest BCUT2D eigenvalue weighted by Gasteiger charge is -2.24. The van der Waals surface area contributed by atoms with E-state index in [4.69, 9.17) is 9.72 Å². The number of amides is 2. The number of urea groups is 1. The molecule has 164 valence electrons. The Hall–Kier alpha value is -3.68. The molecule has 8 heteroatoms. The Bertz CT molecular complexity index is 1160. The predicted molar refractivity (Wildman–Crippen MR) is 124 cm³/mol. The van der Waals surface area contributed by atoms with E-state index in [9.17, 15) is 4.79 Å². The smallest absolute Gasteiger partial charge is 0.328 e. The maximum atomic E-state index is 13.4. The highest BCUT2D eigenvalue weighted by Crippen LogP contribution is 2.49. The van der Waals surface area contributed by atoms with Crippen molar-refractivity contribution in [1.82, 2.24) is 15.0 Å². The lowest BCUT2D eigenvalue weighted by molar-refractivity contribution is 0.255. The summed E-state index contributed by atoms with van der Waals surface area (Å²) in [6.07, 6.45) is 4.51. The van der Waals surface area contributed by atoms with Crippen molar-refractivity contribution in [1.29, 1.82) is 0 Å². The second-order valence-corrected chi connectivity index (χ2v) is 8.40. The molecule has 0 saturated heterocycles. The minimum Gasteiger partial charge on any atom is -0.481 e. The van der Waals surface area contributed by atoms with E-state index in [-0.39, 0.29) is 12.1 Å². The lowest BCUT2D eigenvalue weighted by Crippen LogP contribution is -2.40. The highest BCUT2D eigenvalue weighted by atomic mass is 16.5. The van der Waals surface area contributed by atoms with Crippen LogP contribution in [0.3, 0.4) is 0 Å². The van der Waals surface area contributed by atoms with Gasteiger partial charge in [0.1, 0.15) is 18.0 Å². The summed E-state index contributed by atoms with van der Waals surface area (Å²) in [4.78, 5) is 30.4. The van der Waals surface area contributed by atoms with E-state index in [0.717, 1.165) is 47.6 Å². The third-order valence-corrected chi connectivity index (χ3v) is 6.31. The summed E-state index contributed by atoms with van der Waals surface area (Å²) in [7, 11) is 5.57.